The summed E-state index contributed by atoms with van der Waals surface area (Å²) in [5.41, 5.74) is 6.48. The molecule has 3 N–H and O–H groups in total. The van der Waals surface area contributed by atoms with E-state index in [0.717, 1.165) is 17.9 Å². The molecule has 114 valence electrons. The van der Waals surface area contributed by atoms with Crippen LogP contribution in [0.25, 0.3) is 5.69 Å². The molecule has 0 bridgehead atoms. The average molecular weight is 316 g/mol. The van der Waals surface area contributed by atoms with E-state index in [1.807, 2.05) is 30.0 Å². The van der Waals surface area contributed by atoms with Crippen molar-refractivity contribution in [2.75, 3.05) is 11.5 Å². The lowest BCUT2D eigenvalue weighted by Gasteiger charge is -2.09. The van der Waals surface area contributed by atoms with Crippen LogP contribution >= 0.6 is 11.8 Å². The molecular formula is C15H16N4O2S. The fourth-order valence-electron chi connectivity index (χ4n) is 2.34. The molecule has 2 amide bonds. The van der Waals surface area contributed by atoms with Crippen molar-refractivity contribution in [3.05, 3.63) is 47.8 Å². The van der Waals surface area contributed by atoms with Crippen LogP contribution in [0.1, 0.15) is 27.4 Å². The molecule has 1 aliphatic rings. The Morgan fingerprint density at radius 1 is 1.32 bits per heavy atom. The van der Waals surface area contributed by atoms with E-state index in [1.165, 1.54) is 10.7 Å². The molecule has 0 radical (unpaired) electrons. The Hall–Kier alpha value is -2.28. The highest BCUT2D eigenvalue weighted by Gasteiger charge is 2.22. The van der Waals surface area contributed by atoms with Gasteiger partial charge in [-0.2, -0.15) is 16.9 Å². The summed E-state index contributed by atoms with van der Waals surface area (Å²) in [5, 5.41) is 7.18. The first-order valence-electron chi connectivity index (χ1n) is 6.99. The maximum Gasteiger partial charge on any atom is 0.272 e. The Morgan fingerprint density at radius 3 is 2.73 bits per heavy atom. The number of nitrogens with zero attached hydrogens (tertiary/aromatic N) is 2. The third-order valence-corrected chi connectivity index (χ3v) is 4.62. The number of rotatable bonds is 4. The minimum absolute atomic E-state index is 0.163. The Kier molecular flexibility index (Phi) is 4.15. The molecule has 3 rings (SSSR count). The van der Waals surface area contributed by atoms with Gasteiger partial charge in [0, 0.05) is 17.9 Å². The first-order chi connectivity index (χ1) is 10.6. The maximum absolute atomic E-state index is 12.3. The summed E-state index contributed by atoms with van der Waals surface area (Å²) < 4.78 is 1.40. The number of para-hydroxylation sites is 1. The number of hydrogen-bond acceptors (Lipinski definition) is 4. The molecule has 2 heterocycles. The number of benzene rings is 1. The van der Waals surface area contributed by atoms with Crippen LogP contribution in [0.3, 0.4) is 0 Å². The first kappa shape index (κ1) is 14.6. The smallest absolute Gasteiger partial charge is 0.272 e. The Labute approximate surface area is 132 Å². The van der Waals surface area contributed by atoms with Crippen LogP contribution < -0.4 is 11.1 Å². The molecule has 0 aliphatic carbocycles. The topological polar surface area (TPSA) is 90.0 Å². The summed E-state index contributed by atoms with van der Waals surface area (Å²) in [6.45, 7) is 0. The van der Waals surface area contributed by atoms with Gasteiger partial charge in [-0.3, -0.25) is 9.59 Å². The highest BCUT2D eigenvalue weighted by atomic mass is 32.2. The molecule has 7 heteroatoms. The van der Waals surface area contributed by atoms with E-state index in [-0.39, 0.29) is 23.3 Å². The second-order valence-corrected chi connectivity index (χ2v) is 6.21. The van der Waals surface area contributed by atoms with Gasteiger partial charge in [0.05, 0.1) is 5.69 Å². The van der Waals surface area contributed by atoms with Crippen LogP contribution in [0, 0.1) is 0 Å². The standard InChI is InChI=1S/C15H16N4O2S/c16-14(20)13-8-12(15(21)17-10-6-7-22-9-10)18-19(13)11-4-2-1-3-5-11/h1-5,8,10H,6-7,9H2,(H2,16,20)(H,17,21). The van der Waals surface area contributed by atoms with Gasteiger partial charge < -0.3 is 11.1 Å². The van der Waals surface area contributed by atoms with Crippen LogP contribution in [0.4, 0.5) is 0 Å². The molecule has 1 atom stereocenters. The molecule has 1 saturated heterocycles. The minimum atomic E-state index is -0.619. The van der Waals surface area contributed by atoms with Gasteiger partial charge in [0.15, 0.2) is 5.69 Å². The molecule has 22 heavy (non-hydrogen) atoms. The quantitative estimate of drug-likeness (QED) is 0.887. The predicted octanol–water partition coefficient (Wildman–Crippen LogP) is 1.21. The second kappa shape index (κ2) is 6.23. The summed E-state index contributed by atoms with van der Waals surface area (Å²) in [4.78, 5) is 23.9. The highest BCUT2D eigenvalue weighted by Crippen LogP contribution is 2.18. The monoisotopic (exact) mass is 316 g/mol. The van der Waals surface area contributed by atoms with E-state index in [0.29, 0.717) is 5.69 Å². The van der Waals surface area contributed by atoms with E-state index in [4.69, 9.17) is 5.73 Å². The van der Waals surface area contributed by atoms with Crippen molar-refractivity contribution < 1.29 is 9.59 Å². The molecule has 1 aromatic carbocycles. The number of carbonyl (C=O) groups is 2. The molecule has 1 aromatic heterocycles. The van der Waals surface area contributed by atoms with Gasteiger partial charge in [-0.05, 0) is 24.3 Å². The number of amides is 2. The highest BCUT2D eigenvalue weighted by molar-refractivity contribution is 7.99. The van der Waals surface area contributed by atoms with Gasteiger partial charge in [0.2, 0.25) is 0 Å². The largest absolute Gasteiger partial charge is 0.364 e. The molecule has 1 aliphatic heterocycles. The van der Waals surface area contributed by atoms with Gasteiger partial charge in [-0.1, -0.05) is 18.2 Å². The summed E-state index contributed by atoms with van der Waals surface area (Å²) in [5.74, 6) is 1.07. The maximum atomic E-state index is 12.3. The summed E-state index contributed by atoms with van der Waals surface area (Å²) in [7, 11) is 0. The van der Waals surface area contributed by atoms with Crippen molar-refractivity contribution in [2.24, 2.45) is 5.73 Å². The van der Waals surface area contributed by atoms with Gasteiger partial charge in [0.1, 0.15) is 5.69 Å². The fraction of sp³-hybridized carbons (Fsp3) is 0.267. The van der Waals surface area contributed by atoms with Crippen molar-refractivity contribution >= 4 is 23.6 Å². The van der Waals surface area contributed by atoms with Crippen LogP contribution in [0.15, 0.2) is 36.4 Å². The van der Waals surface area contributed by atoms with Crippen molar-refractivity contribution in [3.63, 3.8) is 0 Å². The minimum Gasteiger partial charge on any atom is -0.364 e. The van der Waals surface area contributed by atoms with E-state index in [2.05, 4.69) is 10.4 Å². The van der Waals surface area contributed by atoms with Crippen LogP contribution in [0.2, 0.25) is 0 Å². The average Bonchev–Trinajstić information content (AvgIpc) is 3.17. The Bertz CT molecular complexity index is 693. The van der Waals surface area contributed by atoms with Crippen LogP contribution in [0.5, 0.6) is 0 Å². The summed E-state index contributed by atoms with van der Waals surface area (Å²) in [6, 6.07) is 10.7. The fourth-order valence-corrected chi connectivity index (χ4v) is 3.49. The third-order valence-electron chi connectivity index (χ3n) is 3.46. The van der Waals surface area contributed by atoms with Gasteiger partial charge in [-0.25, -0.2) is 4.68 Å². The molecule has 1 fully saturated rings. The van der Waals surface area contributed by atoms with Crippen molar-refractivity contribution in [2.45, 2.75) is 12.5 Å². The van der Waals surface area contributed by atoms with Gasteiger partial charge in [-0.15, -0.1) is 0 Å². The number of nitrogens with two attached hydrogens (primary N) is 1. The van der Waals surface area contributed by atoms with Crippen LogP contribution in [-0.2, 0) is 0 Å². The van der Waals surface area contributed by atoms with Crippen molar-refractivity contribution in [1.82, 2.24) is 15.1 Å². The third kappa shape index (κ3) is 2.99. The molecule has 6 nitrogen and oxygen atoms in total. The summed E-state index contributed by atoms with van der Waals surface area (Å²) in [6.07, 6.45) is 0.957. The van der Waals surface area contributed by atoms with Gasteiger partial charge >= 0.3 is 0 Å². The van der Waals surface area contributed by atoms with E-state index < -0.39 is 5.91 Å². The molecule has 2 aromatic rings. The normalized spacial score (nSPS) is 17.4. The first-order valence-corrected chi connectivity index (χ1v) is 8.14. The molecular weight excluding hydrogens is 300 g/mol. The SMILES string of the molecule is NC(=O)c1cc(C(=O)NC2CCSC2)nn1-c1ccccc1. The zero-order valence-electron chi connectivity index (χ0n) is 11.9. The van der Waals surface area contributed by atoms with E-state index >= 15 is 0 Å². The number of hydrogen-bond donors (Lipinski definition) is 2. The van der Waals surface area contributed by atoms with Crippen LogP contribution in [-0.4, -0.2) is 39.1 Å². The summed E-state index contributed by atoms with van der Waals surface area (Å²) >= 11 is 1.82. The number of carbonyl (C=O) groups excluding carboxylic acids is 2. The van der Waals surface area contributed by atoms with E-state index in [9.17, 15) is 9.59 Å². The Morgan fingerprint density at radius 2 is 2.09 bits per heavy atom. The molecule has 1 unspecified atom stereocenters. The number of primary amides is 1. The lowest BCUT2D eigenvalue weighted by molar-refractivity contribution is 0.0935. The zero-order chi connectivity index (χ0) is 15.5. The van der Waals surface area contributed by atoms with Gasteiger partial charge in [0.25, 0.3) is 11.8 Å². The molecule has 0 spiro atoms. The van der Waals surface area contributed by atoms with Crippen molar-refractivity contribution in [1.29, 1.82) is 0 Å². The number of nitrogens with one attached hydrogen (secondary N) is 1. The lowest BCUT2D eigenvalue weighted by Crippen LogP contribution is -2.34. The molecule has 0 saturated carbocycles. The Balaban J connectivity index is 1.89. The second-order valence-electron chi connectivity index (χ2n) is 5.06. The zero-order valence-corrected chi connectivity index (χ0v) is 12.7. The number of aromatic nitrogens is 2. The van der Waals surface area contributed by atoms with Crippen molar-refractivity contribution in [3.8, 4) is 5.69 Å². The van der Waals surface area contributed by atoms with E-state index in [1.54, 1.807) is 12.1 Å². The predicted molar refractivity (Wildman–Crippen MR) is 85.3 cm³/mol. The number of thioether (sulfide) groups is 1. The lowest BCUT2D eigenvalue weighted by atomic mass is 10.2.